The minimum atomic E-state index is -0.903. The van der Waals surface area contributed by atoms with Crippen LogP contribution in [0.2, 0.25) is 0 Å². The molecule has 0 bridgehead atoms. The van der Waals surface area contributed by atoms with Crippen molar-refractivity contribution in [2.45, 2.75) is 46.3 Å². The van der Waals surface area contributed by atoms with E-state index in [0.717, 1.165) is 17.7 Å². The summed E-state index contributed by atoms with van der Waals surface area (Å²) in [5.41, 5.74) is 1.10. The molecule has 0 aliphatic heterocycles. The van der Waals surface area contributed by atoms with Gasteiger partial charge in [-0.25, -0.2) is 4.79 Å². The first kappa shape index (κ1) is 16.5. The van der Waals surface area contributed by atoms with Gasteiger partial charge in [0.1, 0.15) is 0 Å². The minimum Gasteiger partial charge on any atom is -0.388 e. The predicted molar refractivity (Wildman–Crippen MR) is 78.3 cm³/mol. The molecule has 0 spiro atoms. The van der Waals surface area contributed by atoms with Crippen LogP contribution in [0.1, 0.15) is 39.0 Å². The molecule has 1 aromatic heterocycles. The molecule has 1 unspecified atom stereocenters. The molecule has 0 fully saturated rings. The van der Waals surface area contributed by atoms with E-state index in [0.29, 0.717) is 6.54 Å². The lowest BCUT2D eigenvalue weighted by Gasteiger charge is -2.27. The Morgan fingerprint density at radius 1 is 1.50 bits per heavy atom. The third kappa shape index (κ3) is 4.52. The van der Waals surface area contributed by atoms with Crippen LogP contribution in [0.15, 0.2) is 6.20 Å². The number of aromatic nitrogens is 2. The topological polar surface area (TPSA) is 79.2 Å². The lowest BCUT2D eigenvalue weighted by Crippen LogP contribution is -2.47. The van der Waals surface area contributed by atoms with Crippen molar-refractivity contribution in [1.82, 2.24) is 20.4 Å². The second-order valence-corrected chi connectivity index (χ2v) is 5.68. The Bertz CT molecular complexity index is 452. The van der Waals surface area contributed by atoms with Crippen LogP contribution in [0, 0.1) is 5.92 Å². The highest BCUT2D eigenvalue weighted by atomic mass is 16.3. The molecule has 2 amide bonds. The summed E-state index contributed by atoms with van der Waals surface area (Å²) in [6.07, 6.45) is 2.74. The SMILES string of the molecule is CCc1nn(C)cc1CNC(=O)NCC(C)(O)C(C)C. The second-order valence-electron chi connectivity index (χ2n) is 5.68. The monoisotopic (exact) mass is 282 g/mol. The number of urea groups is 1. The number of aliphatic hydroxyl groups is 1. The van der Waals surface area contributed by atoms with Crippen molar-refractivity contribution >= 4 is 6.03 Å². The maximum Gasteiger partial charge on any atom is 0.315 e. The lowest BCUT2D eigenvalue weighted by atomic mass is 9.93. The highest BCUT2D eigenvalue weighted by Gasteiger charge is 2.25. The highest BCUT2D eigenvalue weighted by Crippen LogP contribution is 2.14. The van der Waals surface area contributed by atoms with Crippen molar-refractivity contribution in [3.8, 4) is 0 Å². The van der Waals surface area contributed by atoms with Gasteiger partial charge in [-0.3, -0.25) is 4.68 Å². The standard InChI is InChI=1S/C14H26N4O2/c1-6-12-11(8-18(5)17-12)7-15-13(19)16-9-14(4,20)10(2)3/h8,10,20H,6-7,9H2,1-5H3,(H2,15,16,19). The van der Waals surface area contributed by atoms with Crippen molar-refractivity contribution in [2.24, 2.45) is 13.0 Å². The average Bonchev–Trinajstić information content (AvgIpc) is 2.74. The molecule has 6 nitrogen and oxygen atoms in total. The molecule has 6 heteroatoms. The molecule has 20 heavy (non-hydrogen) atoms. The molecular formula is C14H26N4O2. The quantitative estimate of drug-likeness (QED) is 0.733. The Labute approximate surface area is 120 Å². The van der Waals surface area contributed by atoms with Gasteiger partial charge in [-0.15, -0.1) is 0 Å². The van der Waals surface area contributed by atoms with Gasteiger partial charge in [-0.1, -0.05) is 20.8 Å². The summed E-state index contributed by atoms with van der Waals surface area (Å²) in [5.74, 6) is 0.0767. The summed E-state index contributed by atoms with van der Waals surface area (Å²) < 4.78 is 1.75. The number of hydrogen-bond acceptors (Lipinski definition) is 3. The largest absolute Gasteiger partial charge is 0.388 e. The maximum atomic E-state index is 11.7. The van der Waals surface area contributed by atoms with Crippen LogP contribution in [0.5, 0.6) is 0 Å². The molecule has 0 saturated carbocycles. The number of amides is 2. The third-order valence-corrected chi connectivity index (χ3v) is 3.62. The fourth-order valence-corrected chi connectivity index (χ4v) is 1.73. The van der Waals surface area contributed by atoms with E-state index in [1.54, 1.807) is 11.6 Å². The second kappa shape index (κ2) is 6.74. The average molecular weight is 282 g/mol. The van der Waals surface area contributed by atoms with Crippen LogP contribution in [0.4, 0.5) is 4.79 Å². The van der Waals surface area contributed by atoms with Gasteiger partial charge in [0.25, 0.3) is 0 Å². The zero-order valence-electron chi connectivity index (χ0n) is 13.0. The summed E-state index contributed by atoms with van der Waals surface area (Å²) in [7, 11) is 1.86. The van der Waals surface area contributed by atoms with Crippen molar-refractivity contribution < 1.29 is 9.90 Å². The fourth-order valence-electron chi connectivity index (χ4n) is 1.73. The fraction of sp³-hybridized carbons (Fsp3) is 0.714. The molecule has 1 rings (SSSR count). The van der Waals surface area contributed by atoms with Crippen molar-refractivity contribution in [1.29, 1.82) is 0 Å². The molecule has 0 aromatic carbocycles. The van der Waals surface area contributed by atoms with E-state index in [1.807, 2.05) is 34.0 Å². The molecule has 0 radical (unpaired) electrons. The van der Waals surface area contributed by atoms with Crippen LogP contribution < -0.4 is 10.6 Å². The number of nitrogens with one attached hydrogen (secondary N) is 2. The minimum absolute atomic E-state index is 0.0767. The molecule has 0 aliphatic carbocycles. The molecule has 0 saturated heterocycles. The summed E-state index contributed by atoms with van der Waals surface area (Å²) in [6.45, 7) is 8.25. The Morgan fingerprint density at radius 3 is 2.70 bits per heavy atom. The van der Waals surface area contributed by atoms with Crippen LogP contribution >= 0.6 is 0 Å². The molecule has 1 aromatic rings. The summed E-state index contributed by atoms with van der Waals surface area (Å²) in [4.78, 5) is 11.7. The molecule has 0 aliphatic rings. The van der Waals surface area contributed by atoms with Crippen molar-refractivity contribution in [3.05, 3.63) is 17.5 Å². The smallest absolute Gasteiger partial charge is 0.315 e. The van der Waals surface area contributed by atoms with Crippen LogP contribution in [-0.4, -0.2) is 33.1 Å². The van der Waals surface area contributed by atoms with E-state index in [2.05, 4.69) is 15.7 Å². The predicted octanol–water partition coefficient (Wildman–Crippen LogP) is 1.19. The van der Waals surface area contributed by atoms with E-state index in [1.165, 1.54) is 0 Å². The summed E-state index contributed by atoms with van der Waals surface area (Å²) >= 11 is 0. The number of rotatable bonds is 6. The zero-order chi connectivity index (χ0) is 15.3. The van der Waals surface area contributed by atoms with Gasteiger partial charge >= 0.3 is 6.03 Å². The van der Waals surface area contributed by atoms with Gasteiger partial charge < -0.3 is 15.7 Å². The van der Waals surface area contributed by atoms with Crippen LogP contribution in [0.3, 0.4) is 0 Å². The number of carbonyl (C=O) groups is 1. The van der Waals surface area contributed by atoms with E-state index in [4.69, 9.17) is 0 Å². The van der Waals surface area contributed by atoms with Crippen LogP contribution in [-0.2, 0) is 20.0 Å². The number of carbonyl (C=O) groups excluding carboxylic acids is 1. The Hall–Kier alpha value is -1.56. The zero-order valence-corrected chi connectivity index (χ0v) is 13.0. The van der Waals surface area contributed by atoms with Crippen molar-refractivity contribution in [3.63, 3.8) is 0 Å². The molecule has 114 valence electrons. The van der Waals surface area contributed by atoms with Gasteiger partial charge in [0.2, 0.25) is 0 Å². The van der Waals surface area contributed by atoms with Crippen molar-refractivity contribution in [2.75, 3.05) is 6.54 Å². The molecular weight excluding hydrogens is 256 g/mol. The van der Waals surface area contributed by atoms with E-state index in [-0.39, 0.29) is 18.5 Å². The van der Waals surface area contributed by atoms with E-state index < -0.39 is 5.60 Å². The highest BCUT2D eigenvalue weighted by molar-refractivity contribution is 5.73. The number of hydrogen-bond donors (Lipinski definition) is 3. The Balaban J connectivity index is 2.44. The summed E-state index contributed by atoms with van der Waals surface area (Å²) in [6, 6.07) is -0.281. The van der Waals surface area contributed by atoms with Gasteiger partial charge in [0, 0.05) is 31.9 Å². The molecule has 3 N–H and O–H groups in total. The third-order valence-electron chi connectivity index (χ3n) is 3.62. The molecule has 1 heterocycles. The first-order chi connectivity index (χ1) is 9.26. The lowest BCUT2D eigenvalue weighted by molar-refractivity contribution is 0.0166. The van der Waals surface area contributed by atoms with E-state index in [9.17, 15) is 9.90 Å². The maximum absolute atomic E-state index is 11.7. The number of nitrogens with zero attached hydrogens (tertiary/aromatic N) is 2. The summed E-state index contributed by atoms with van der Waals surface area (Å²) in [5, 5.41) is 19.9. The number of aryl methyl sites for hydroxylation is 2. The van der Waals surface area contributed by atoms with E-state index >= 15 is 0 Å². The normalized spacial score (nSPS) is 14.2. The molecule has 1 atom stereocenters. The van der Waals surface area contributed by atoms with Gasteiger partial charge in [0.15, 0.2) is 0 Å². The van der Waals surface area contributed by atoms with Gasteiger partial charge in [-0.2, -0.15) is 5.10 Å². The van der Waals surface area contributed by atoms with Crippen LogP contribution in [0.25, 0.3) is 0 Å². The first-order valence-electron chi connectivity index (χ1n) is 7.01. The van der Waals surface area contributed by atoms with Gasteiger partial charge in [-0.05, 0) is 19.3 Å². The first-order valence-corrected chi connectivity index (χ1v) is 7.01. The Morgan fingerprint density at radius 2 is 2.15 bits per heavy atom. The Kier molecular flexibility index (Phi) is 5.56. The van der Waals surface area contributed by atoms with Gasteiger partial charge in [0.05, 0.1) is 11.3 Å².